The van der Waals surface area contributed by atoms with Crippen molar-refractivity contribution in [1.29, 1.82) is 0 Å². The zero-order valence-corrected chi connectivity index (χ0v) is 12.6. The molecule has 0 aliphatic heterocycles. The van der Waals surface area contributed by atoms with Gasteiger partial charge in [-0.1, -0.05) is 40.2 Å². The molecule has 0 spiro atoms. The maximum atomic E-state index is 14.1. The number of carbonyl (C=O) groups excluding carboxylic acids is 1. The van der Waals surface area contributed by atoms with Crippen molar-refractivity contribution in [3.63, 3.8) is 0 Å². The van der Waals surface area contributed by atoms with Crippen LogP contribution in [0.1, 0.15) is 23.2 Å². The van der Waals surface area contributed by atoms with Crippen molar-refractivity contribution < 1.29 is 19.1 Å². The number of hydrogen-bond acceptors (Lipinski definition) is 2. The molecular weight excluding hydrogens is 339 g/mol. The normalized spacial score (nSPS) is 10.4. The van der Waals surface area contributed by atoms with E-state index in [4.69, 9.17) is 5.11 Å². The van der Waals surface area contributed by atoms with E-state index in [0.717, 1.165) is 10.5 Å². The standard InChI is InChI=1S/C16H12BrFO3/c17-12-4-1-10(2-5-12)13-6-3-11(9-14(13)18)15(19)7-8-16(20)21/h1-6,9H,7-8H2,(H,20,21). The topological polar surface area (TPSA) is 54.4 Å². The van der Waals surface area contributed by atoms with Crippen LogP contribution in [0.2, 0.25) is 0 Å². The van der Waals surface area contributed by atoms with Crippen LogP contribution >= 0.6 is 15.9 Å². The highest BCUT2D eigenvalue weighted by Gasteiger charge is 2.12. The first-order chi connectivity index (χ1) is 9.97. The van der Waals surface area contributed by atoms with Gasteiger partial charge in [0.1, 0.15) is 5.82 Å². The lowest BCUT2D eigenvalue weighted by molar-refractivity contribution is -0.136. The van der Waals surface area contributed by atoms with Gasteiger partial charge in [-0.15, -0.1) is 0 Å². The molecule has 0 saturated heterocycles. The van der Waals surface area contributed by atoms with Gasteiger partial charge in [-0.2, -0.15) is 0 Å². The van der Waals surface area contributed by atoms with Crippen molar-refractivity contribution in [3.8, 4) is 11.1 Å². The van der Waals surface area contributed by atoms with Gasteiger partial charge >= 0.3 is 5.97 Å². The molecule has 21 heavy (non-hydrogen) atoms. The lowest BCUT2D eigenvalue weighted by Gasteiger charge is -2.06. The van der Waals surface area contributed by atoms with E-state index in [1.165, 1.54) is 12.1 Å². The van der Waals surface area contributed by atoms with Gasteiger partial charge in [-0.05, 0) is 23.8 Å². The number of carboxylic acid groups (broad SMARTS) is 1. The molecule has 5 heteroatoms. The van der Waals surface area contributed by atoms with E-state index >= 15 is 0 Å². The average Bonchev–Trinajstić information content (AvgIpc) is 2.45. The first kappa shape index (κ1) is 15.4. The van der Waals surface area contributed by atoms with Gasteiger partial charge in [0.2, 0.25) is 0 Å². The predicted octanol–water partition coefficient (Wildman–Crippen LogP) is 4.30. The van der Waals surface area contributed by atoms with Crippen LogP contribution in [0.5, 0.6) is 0 Å². The van der Waals surface area contributed by atoms with Crippen molar-refractivity contribution in [2.75, 3.05) is 0 Å². The third kappa shape index (κ3) is 3.98. The molecule has 0 unspecified atom stereocenters. The molecule has 108 valence electrons. The van der Waals surface area contributed by atoms with E-state index in [1.54, 1.807) is 24.3 Å². The molecule has 2 aromatic rings. The summed E-state index contributed by atoms with van der Waals surface area (Å²) in [5.41, 5.74) is 1.30. The summed E-state index contributed by atoms with van der Waals surface area (Å²) < 4.78 is 15.0. The van der Waals surface area contributed by atoms with Gasteiger partial charge in [0.15, 0.2) is 5.78 Å². The Morgan fingerprint density at radius 1 is 1.05 bits per heavy atom. The minimum atomic E-state index is -1.05. The Morgan fingerprint density at radius 2 is 1.71 bits per heavy atom. The molecule has 0 bridgehead atoms. The number of carbonyl (C=O) groups is 2. The lowest BCUT2D eigenvalue weighted by Crippen LogP contribution is -2.04. The smallest absolute Gasteiger partial charge is 0.303 e. The Morgan fingerprint density at radius 3 is 2.29 bits per heavy atom. The van der Waals surface area contributed by atoms with Crippen LogP contribution in [0.25, 0.3) is 11.1 Å². The fourth-order valence-electron chi connectivity index (χ4n) is 1.92. The van der Waals surface area contributed by atoms with Crippen molar-refractivity contribution in [3.05, 3.63) is 58.3 Å². The third-order valence-electron chi connectivity index (χ3n) is 3.01. The number of ketones is 1. The quantitative estimate of drug-likeness (QED) is 0.817. The highest BCUT2D eigenvalue weighted by Crippen LogP contribution is 2.25. The van der Waals surface area contributed by atoms with Gasteiger partial charge < -0.3 is 5.11 Å². The number of aliphatic carboxylic acids is 1. The summed E-state index contributed by atoms with van der Waals surface area (Å²) in [6, 6.07) is 11.4. The SMILES string of the molecule is O=C(O)CCC(=O)c1ccc(-c2ccc(Br)cc2)c(F)c1. The van der Waals surface area contributed by atoms with E-state index in [2.05, 4.69) is 15.9 Å². The van der Waals surface area contributed by atoms with E-state index in [1.807, 2.05) is 0 Å². The van der Waals surface area contributed by atoms with Crippen LogP contribution in [0.4, 0.5) is 4.39 Å². The molecule has 0 saturated carbocycles. The molecule has 2 aromatic carbocycles. The molecule has 0 heterocycles. The minimum absolute atomic E-state index is 0.133. The van der Waals surface area contributed by atoms with Crippen LogP contribution in [-0.4, -0.2) is 16.9 Å². The summed E-state index contributed by atoms with van der Waals surface area (Å²) in [5, 5.41) is 8.55. The molecule has 0 atom stereocenters. The molecule has 0 fully saturated rings. The summed E-state index contributed by atoms with van der Waals surface area (Å²) in [6.45, 7) is 0. The molecule has 0 aliphatic carbocycles. The number of halogens is 2. The number of Topliss-reactive ketones (excluding diaryl/α,β-unsaturated/α-hetero) is 1. The fourth-order valence-corrected chi connectivity index (χ4v) is 2.18. The van der Waals surface area contributed by atoms with Crippen LogP contribution in [0.15, 0.2) is 46.9 Å². The molecule has 0 aliphatic rings. The highest BCUT2D eigenvalue weighted by atomic mass is 79.9. The van der Waals surface area contributed by atoms with Crippen molar-refractivity contribution >= 4 is 27.7 Å². The van der Waals surface area contributed by atoms with Gasteiger partial charge in [0.25, 0.3) is 0 Å². The van der Waals surface area contributed by atoms with Crippen molar-refractivity contribution in [1.82, 2.24) is 0 Å². The van der Waals surface area contributed by atoms with Gasteiger partial charge in [0.05, 0.1) is 6.42 Å². The molecular formula is C16H12BrFO3. The lowest BCUT2D eigenvalue weighted by atomic mass is 10.0. The summed E-state index contributed by atoms with van der Waals surface area (Å²) in [5.74, 6) is -1.92. The summed E-state index contributed by atoms with van der Waals surface area (Å²) in [7, 11) is 0. The summed E-state index contributed by atoms with van der Waals surface area (Å²) in [4.78, 5) is 22.2. The molecule has 0 radical (unpaired) electrons. The summed E-state index contributed by atoms with van der Waals surface area (Å²) >= 11 is 3.31. The van der Waals surface area contributed by atoms with Gasteiger partial charge in [-0.3, -0.25) is 9.59 Å². The second-order valence-corrected chi connectivity index (χ2v) is 5.43. The molecule has 0 amide bonds. The fraction of sp³-hybridized carbons (Fsp3) is 0.125. The molecule has 2 rings (SSSR count). The zero-order chi connectivity index (χ0) is 15.4. The van der Waals surface area contributed by atoms with E-state index in [9.17, 15) is 14.0 Å². The molecule has 3 nitrogen and oxygen atoms in total. The molecule has 1 N–H and O–H groups in total. The van der Waals surface area contributed by atoms with Gasteiger partial charge in [-0.25, -0.2) is 4.39 Å². The first-order valence-corrected chi connectivity index (χ1v) is 7.07. The second-order valence-electron chi connectivity index (χ2n) is 4.52. The number of carboxylic acids is 1. The largest absolute Gasteiger partial charge is 0.481 e. The van der Waals surface area contributed by atoms with Crippen molar-refractivity contribution in [2.45, 2.75) is 12.8 Å². The second kappa shape index (κ2) is 6.63. The number of benzene rings is 2. The monoisotopic (exact) mass is 350 g/mol. The van der Waals surface area contributed by atoms with Crippen LogP contribution in [0.3, 0.4) is 0 Å². The average molecular weight is 351 g/mol. The zero-order valence-electron chi connectivity index (χ0n) is 11.0. The Hall–Kier alpha value is -2.01. The predicted molar refractivity (Wildman–Crippen MR) is 80.7 cm³/mol. The van der Waals surface area contributed by atoms with E-state index < -0.39 is 11.8 Å². The highest BCUT2D eigenvalue weighted by molar-refractivity contribution is 9.10. The first-order valence-electron chi connectivity index (χ1n) is 6.28. The Bertz CT molecular complexity index is 680. The number of rotatable bonds is 5. The Labute approximate surface area is 129 Å². The van der Waals surface area contributed by atoms with Crippen molar-refractivity contribution in [2.24, 2.45) is 0 Å². The maximum Gasteiger partial charge on any atom is 0.303 e. The van der Waals surface area contributed by atoms with Crippen LogP contribution in [0, 0.1) is 5.82 Å². The molecule has 0 aromatic heterocycles. The van der Waals surface area contributed by atoms with E-state index in [-0.39, 0.29) is 24.2 Å². The third-order valence-corrected chi connectivity index (χ3v) is 3.54. The van der Waals surface area contributed by atoms with Crippen LogP contribution < -0.4 is 0 Å². The van der Waals surface area contributed by atoms with Gasteiger partial charge in [0, 0.05) is 22.0 Å². The maximum absolute atomic E-state index is 14.1. The summed E-state index contributed by atoms with van der Waals surface area (Å²) in [6.07, 6.45) is -0.388. The number of hydrogen-bond donors (Lipinski definition) is 1. The van der Waals surface area contributed by atoms with Crippen LogP contribution in [-0.2, 0) is 4.79 Å². The minimum Gasteiger partial charge on any atom is -0.481 e. The van der Waals surface area contributed by atoms with E-state index in [0.29, 0.717) is 11.1 Å². The Kier molecular flexibility index (Phi) is 4.85. The Balaban J connectivity index is 2.23.